The first kappa shape index (κ1) is 14.6. The lowest BCUT2D eigenvalue weighted by atomic mass is 10.0. The SMILES string of the molecule is CCCNC(Cc1ccc(OC)c(F)c1)c1ccco1. The van der Waals surface area contributed by atoms with Crippen molar-refractivity contribution in [3.8, 4) is 5.75 Å². The van der Waals surface area contributed by atoms with Crippen LogP contribution in [0, 0.1) is 5.82 Å². The minimum absolute atomic E-state index is 0.0535. The van der Waals surface area contributed by atoms with E-state index in [2.05, 4.69) is 12.2 Å². The van der Waals surface area contributed by atoms with E-state index < -0.39 is 0 Å². The first-order valence-corrected chi connectivity index (χ1v) is 6.83. The molecular weight excluding hydrogens is 257 g/mol. The molecule has 2 rings (SSSR count). The summed E-state index contributed by atoms with van der Waals surface area (Å²) < 4.78 is 24.1. The van der Waals surface area contributed by atoms with Gasteiger partial charge in [-0.15, -0.1) is 0 Å². The summed E-state index contributed by atoms with van der Waals surface area (Å²) in [7, 11) is 1.46. The Bertz CT molecular complexity index is 525. The Morgan fingerprint density at radius 1 is 1.35 bits per heavy atom. The molecule has 0 bridgehead atoms. The number of ether oxygens (including phenoxy) is 1. The van der Waals surface area contributed by atoms with Crippen LogP contribution in [-0.4, -0.2) is 13.7 Å². The highest BCUT2D eigenvalue weighted by Gasteiger charge is 2.15. The van der Waals surface area contributed by atoms with Gasteiger partial charge in [0, 0.05) is 0 Å². The molecule has 0 fully saturated rings. The van der Waals surface area contributed by atoms with Gasteiger partial charge in [0.2, 0.25) is 0 Å². The van der Waals surface area contributed by atoms with Gasteiger partial charge < -0.3 is 14.5 Å². The van der Waals surface area contributed by atoms with E-state index in [1.165, 1.54) is 13.2 Å². The molecule has 2 aromatic rings. The molecule has 0 saturated heterocycles. The zero-order valence-corrected chi connectivity index (χ0v) is 11.9. The molecule has 0 amide bonds. The standard InChI is InChI=1S/C16H20FNO2/c1-3-8-18-14(16-5-4-9-20-16)11-12-6-7-15(19-2)13(17)10-12/h4-7,9-10,14,18H,3,8,11H2,1-2H3. The van der Waals surface area contributed by atoms with Crippen LogP contribution < -0.4 is 10.1 Å². The first-order valence-electron chi connectivity index (χ1n) is 6.83. The maximum atomic E-state index is 13.7. The minimum Gasteiger partial charge on any atom is -0.494 e. The Kier molecular flexibility index (Phi) is 5.18. The average Bonchev–Trinajstić information content (AvgIpc) is 2.97. The van der Waals surface area contributed by atoms with Gasteiger partial charge in [0.05, 0.1) is 19.4 Å². The molecule has 1 atom stereocenters. The van der Waals surface area contributed by atoms with Crippen LogP contribution in [0.5, 0.6) is 5.75 Å². The summed E-state index contributed by atoms with van der Waals surface area (Å²) in [6.07, 6.45) is 3.37. The monoisotopic (exact) mass is 277 g/mol. The third-order valence-corrected chi connectivity index (χ3v) is 3.18. The molecule has 108 valence electrons. The fraction of sp³-hybridized carbons (Fsp3) is 0.375. The molecule has 1 aromatic heterocycles. The predicted molar refractivity (Wildman–Crippen MR) is 76.4 cm³/mol. The summed E-state index contributed by atoms with van der Waals surface area (Å²) >= 11 is 0. The van der Waals surface area contributed by atoms with Crippen molar-refractivity contribution in [3.05, 3.63) is 53.7 Å². The van der Waals surface area contributed by atoms with Crippen LogP contribution in [0.3, 0.4) is 0 Å². The Labute approximate surface area is 118 Å². The van der Waals surface area contributed by atoms with Gasteiger partial charge in [-0.25, -0.2) is 4.39 Å². The molecule has 0 spiro atoms. The van der Waals surface area contributed by atoms with Crippen LogP contribution >= 0.6 is 0 Å². The van der Waals surface area contributed by atoms with E-state index in [1.54, 1.807) is 12.3 Å². The van der Waals surface area contributed by atoms with Gasteiger partial charge in [-0.2, -0.15) is 0 Å². The molecule has 0 aliphatic rings. The van der Waals surface area contributed by atoms with Crippen molar-refractivity contribution in [2.24, 2.45) is 0 Å². The number of rotatable bonds is 7. The summed E-state index contributed by atoms with van der Waals surface area (Å²) in [6, 6.07) is 8.91. The largest absolute Gasteiger partial charge is 0.494 e. The van der Waals surface area contributed by atoms with Crippen molar-refractivity contribution in [2.45, 2.75) is 25.8 Å². The maximum Gasteiger partial charge on any atom is 0.165 e. The van der Waals surface area contributed by atoms with Crippen LogP contribution in [0.15, 0.2) is 41.0 Å². The molecule has 1 heterocycles. The second-order valence-corrected chi connectivity index (χ2v) is 4.70. The predicted octanol–water partition coefficient (Wildman–Crippen LogP) is 3.71. The van der Waals surface area contributed by atoms with Gasteiger partial charge in [0.15, 0.2) is 11.6 Å². The Balaban J connectivity index is 2.13. The van der Waals surface area contributed by atoms with Gasteiger partial charge in [0.25, 0.3) is 0 Å². The van der Waals surface area contributed by atoms with Crippen molar-refractivity contribution < 1.29 is 13.5 Å². The average molecular weight is 277 g/mol. The van der Waals surface area contributed by atoms with Gasteiger partial charge in [-0.3, -0.25) is 0 Å². The highest BCUT2D eigenvalue weighted by molar-refractivity contribution is 5.30. The molecule has 1 unspecified atom stereocenters. The third kappa shape index (κ3) is 3.61. The summed E-state index contributed by atoms with van der Waals surface area (Å²) in [5, 5.41) is 3.42. The molecular formula is C16H20FNO2. The van der Waals surface area contributed by atoms with Crippen LogP contribution in [0.2, 0.25) is 0 Å². The highest BCUT2D eigenvalue weighted by Crippen LogP contribution is 2.23. The fourth-order valence-electron chi connectivity index (χ4n) is 2.15. The zero-order valence-electron chi connectivity index (χ0n) is 11.9. The quantitative estimate of drug-likeness (QED) is 0.837. The second kappa shape index (κ2) is 7.10. The molecule has 0 aliphatic carbocycles. The lowest BCUT2D eigenvalue weighted by Gasteiger charge is -2.16. The van der Waals surface area contributed by atoms with Crippen molar-refractivity contribution in [2.75, 3.05) is 13.7 Å². The van der Waals surface area contributed by atoms with Crippen LogP contribution in [0.1, 0.15) is 30.7 Å². The van der Waals surface area contributed by atoms with Crippen molar-refractivity contribution >= 4 is 0 Å². The normalized spacial score (nSPS) is 12.3. The Hall–Kier alpha value is -1.81. The first-order chi connectivity index (χ1) is 9.74. The van der Waals surface area contributed by atoms with E-state index in [9.17, 15) is 4.39 Å². The maximum absolute atomic E-state index is 13.7. The summed E-state index contributed by atoms with van der Waals surface area (Å²) in [5.74, 6) is 0.804. The summed E-state index contributed by atoms with van der Waals surface area (Å²) in [4.78, 5) is 0. The summed E-state index contributed by atoms with van der Waals surface area (Å²) in [5.41, 5.74) is 0.910. The van der Waals surface area contributed by atoms with E-state index in [-0.39, 0.29) is 17.6 Å². The van der Waals surface area contributed by atoms with E-state index in [1.807, 2.05) is 18.2 Å². The molecule has 1 N–H and O–H groups in total. The molecule has 1 aromatic carbocycles. The van der Waals surface area contributed by atoms with E-state index in [4.69, 9.17) is 9.15 Å². The van der Waals surface area contributed by atoms with E-state index in [0.717, 1.165) is 24.3 Å². The molecule has 0 aliphatic heterocycles. The molecule has 3 nitrogen and oxygen atoms in total. The minimum atomic E-state index is -0.335. The smallest absolute Gasteiger partial charge is 0.165 e. The topological polar surface area (TPSA) is 34.4 Å². The lowest BCUT2D eigenvalue weighted by Crippen LogP contribution is -2.23. The number of methoxy groups -OCH3 is 1. The van der Waals surface area contributed by atoms with Crippen molar-refractivity contribution in [1.82, 2.24) is 5.32 Å². The summed E-state index contributed by atoms with van der Waals surface area (Å²) in [6.45, 7) is 3.00. The van der Waals surface area contributed by atoms with Crippen molar-refractivity contribution in [1.29, 1.82) is 0 Å². The van der Waals surface area contributed by atoms with Crippen LogP contribution in [0.25, 0.3) is 0 Å². The second-order valence-electron chi connectivity index (χ2n) is 4.70. The fourth-order valence-corrected chi connectivity index (χ4v) is 2.15. The number of hydrogen-bond donors (Lipinski definition) is 1. The van der Waals surface area contributed by atoms with Crippen LogP contribution in [0.4, 0.5) is 4.39 Å². The van der Waals surface area contributed by atoms with Crippen molar-refractivity contribution in [3.63, 3.8) is 0 Å². The molecule has 0 radical (unpaired) electrons. The van der Waals surface area contributed by atoms with Crippen LogP contribution in [-0.2, 0) is 6.42 Å². The lowest BCUT2D eigenvalue weighted by molar-refractivity contribution is 0.384. The van der Waals surface area contributed by atoms with Gasteiger partial charge >= 0.3 is 0 Å². The Morgan fingerprint density at radius 3 is 2.80 bits per heavy atom. The molecule has 0 saturated carbocycles. The van der Waals surface area contributed by atoms with E-state index in [0.29, 0.717) is 6.42 Å². The third-order valence-electron chi connectivity index (χ3n) is 3.18. The zero-order chi connectivity index (χ0) is 14.4. The number of nitrogens with one attached hydrogen (secondary N) is 1. The van der Waals surface area contributed by atoms with Gasteiger partial charge in [0.1, 0.15) is 5.76 Å². The number of furan rings is 1. The Morgan fingerprint density at radius 2 is 2.20 bits per heavy atom. The number of hydrogen-bond acceptors (Lipinski definition) is 3. The molecule has 20 heavy (non-hydrogen) atoms. The number of benzene rings is 1. The van der Waals surface area contributed by atoms with Gasteiger partial charge in [-0.1, -0.05) is 13.0 Å². The molecule has 4 heteroatoms. The van der Waals surface area contributed by atoms with Gasteiger partial charge in [-0.05, 0) is 49.2 Å². The highest BCUT2D eigenvalue weighted by atomic mass is 19.1. The number of halogens is 1. The van der Waals surface area contributed by atoms with E-state index >= 15 is 0 Å².